The second-order valence-electron chi connectivity index (χ2n) is 6.85. The molecule has 136 valence electrons. The van der Waals surface area contributed by atoms with Gasteiger partial charge in [0.05, 0.1) is 18.2 Å². The van der Waals surface area contributed by atoms with Gasteiger partial charge in [0, 0.05) is 31.1 Å². The third kappa shape index (κ3) is 3.40. The van der Waals surface area contributed by atoms with Crippen LogP contribution in [-0.4, -0.2) is 48.6 Å². The molecule has 2 fully saturated rings. The Bertz CT molecular complexity index is 681. The van der Waals surface area contributed by atoms with Crippen LogP contribution in [0.1, 0.15) is 25.7 Å². The fourth-order valence-electron chi connectivity index (χ4n) is 4.11. The number of fused-ring (bicyclic) bond motifs is 1. The minimum absolute atomic E-state index is 0.0106. The number of ether oxygens (including phenoxy) is 1. The van der Waals surface area contributed by atoms with Crippen molar-refractivity contribution in [3.63, 3.8) is 0 Å². The Morgan fingerprint density at radius 3 is 2.96 bits per heavy atom. The molecule has 1 heterocycles. The summed E-state index contributed by atoms with van der Waals surface area (Å²) in [6.45, 7) is 1.34. The van der Waals surface area contributed by atoms with Gasteiger partial charge in [-0.05, 0) is 37.0 Å². The van der Waals surface area contributed by atoms with Gasteiger partial charge in [0.1, 0.15) is 5.75 Å². The van der Waals surface area contributed by atoms with Gasteiger partial charge in [0.2, 0.25) is 5.91 Å². The Morgan fingerprint density at radius 2 is 2.28 bits per heavy atom. The van der Waals surface area contributed by atoms with Gasteiger partial charge in [-0.3, -0.25) is 9.59 Å². The molecule has 1 aliphatic carbocycles. The van der Waals surface area contributed by atoms with Gasteiger partial charge in [-0.25, -0.2) is 0 Å². The van der Waals surface area contributed by atoms with E-state index >= 15 is 0 Å². The van der Waals surface area contributed by atoms with E-state index in [0.29, 0.717) is 43.2 Å². The zero-order valence-electron chi connectivity index (χ0n) is 14.3. The number of benzene rings is 1. The number of anilines is 1. The maximum absolute atomic E-state index is 12.5. The number of carbonyl (C=O) groups excluding carboxylic acids is 1. The van der Waals surface area contributed by atoms with E-state index in [4.69, 9.17) is 16.3 Å². The number of nitrogens with one attached hydrogen (secondary N) is 1. The molecule has 1 aliphatic heterocycles. The van der Waals surface area contributed by atoms with Gasteiger partial charge in [-0.2, -0.15) is 0 Å². The summed E-state index contributed by atoms with van der Waals surface area (Å²) in [5.41, 5.74) is 0.0160. The van der Waals surface area contributed by atoms with Crippen molar-refractivity contribution >= 4 is 29.2 Å². The third-order valence-corrected chi connectivity index (χ3v) is 5.70. The first-order chi connectivity index (χ1) is 12.0. The second-order valence-corrected chi connectivity index (χ2v) is 7.28. The van der Waals surface area contributed by atoms with E-state index in [-0.39, 0.29) is 11.8 Å². The lowest BCUT2D eigenvalue weighted by Crippen LogP contribution is -2.37. The zero-order chi connectivity index (χ0) is 18.0. The van der Waals surface area contributed by atoms with Crippen molar-refractivity contribution in [3.05, 3.63) is 23.2 Å². The Morgan fingerprint density at radius 1 is 1.48 bits per heavy atom. The van der Waals surface area contributed by atoms with Gasteiger partial charge in [-0.1, -0.05) is 18.0 Å². The Hall–Kier alpha value is -1.95. The quantitative estimate of drug-likeness (QED) is 0.809. The van der Waals surface area contributed by atoms with Crippen molar-refractivity contribution < 1.29 is 19.4 Å². The molecule has 1 aromatic rings. The Kier molecular flexibility index (Phi) is 5.08. The third-order valence-electron chi connectivity index (χ3n) is 5.47. The molecule has 0 radical (unpaired) electrons. The van der Waals surface area contributed by atoms with Crippen LogP contribution in [0, 0.1) is 11.3 Å². The molecule has 1 amide bonds. The Labute approximate surface area is 152 Å². The first kappa shape index (κ1) is 17.9. The van der Waals surface area contributed by atoms with Crippen LogP contribution in [0.15, 0.2) is 18.2 Å². The summed E-state index contributed by atoms with van der Waals surface area (Å²) in [6.07, 6.45) is 2.82. The topological polar surface area (TPSA) is 78.9 Å². The molecule has 25 heavy (non-hydrogen) atoms. The standard InChI is InChI=1S/C18H23ClN2O4/c1-25-15-5-4-13(19)9-14(15)20-8-6-16(22)21-10-12-3-2-7-18(12,11-21)17(23)24/h4-5,9,12,20H,2-3,6-8,10-11H2,1H3,(H,23,24)/t12-,18+/m0/s1. The number of rotatable bonds is 6. The van der Waals surface area contributed by atoms with Gasteiger partial charge in [-0.15, -0.1) is 0 Å². The number of halogens is 1. The number of nitrogens with zero attached hydrogens (tertiary/aromatic N) is 1. The average molecular weight is 367 g/mol. The highest BCUT2D eigenvalue weighted by molar-refractivity contribution is 6.30. The van der Waals surface area contributed by atoms with E-state index in [1.54, 1.807) is 30.2 Å². The molecule has 0 bridgehead atoms. The van der Waals surface area contributed by atoms with Gasteiger partial charge >= 0.3 is 5.97 Å². The number of aliphatic carboxylic acids is 1. The summed E-state index contributed by atoms with van der Waals surface area (Å²) in [5.74, 6) is -0.0112. The largest absolute Gasteiger partial charge is 0.495 e. The molecule has 1 saturated heterocycles. The van der Waals surface area contributed by atoms with Gasteiger partial charge in [0.15, 0.2) is 0 Å². The van der Waals surface area contributed by atoms with Crippen LogP contribution < -0.4 is 10.1 Å². The maximum atomic E-state index is 12.5. The van der Waals surface area contributed by atoms with Crippen LogP contribution in [0.25, 0.3) is 0 Å². The lowest BCUT2D eigenvalue weighted by molar-refractivity contribution is -0.149. The lowest BCUT2D eigenvalue weighted by atomic mass is 9.81. The molecule has 1 saturated carbocycles. The number of hydrogen-bond donors (Lipinski definition) is 2. The van der Waals surface area contributed by atoms with Crippen molar-refractivity contribution in [1.29, 1.82) is 0 Å². The Balaban J connectivity index is 1.56. The summed E-state index contributed by atoms with van der Waals surface area (Å²) < 4.78 is 5.27. The average Bonchev–Trinajstić information content (AvgIpc) is 3.13. The van der Waals surface area contributed by atoms with E-state index in [1.165, 1.54) is 0 Å². The van der Waals surface area contributed by atoms with Crippen LogP contribution in [0.5, 0.6) is 5.75 Å². The highest BCUT2D eigenvalue weighted by atomic mass is 35.5. The van der Waals surface area contributed by atoms with Crippen molar-refractivity contribution in [3.8, 4) is 5.75 Å². The summed E-state index contributed by atoms with van der Waals surface area (Å²) in [7, 11) is 1.58. The fraction of sp³-hybridized carbons (Fsp3) is 0.556. The minimum Gasteiger partial charge on any atom is -0.495 e. The molecular formula is C18H23ClN2O4. The number of methoxy groups -OCH3 is 1. The van der Waals surface area contributed by atoms with Gasteiger partial charge < -0.3 is 20.1 Å². The molecular weight excluding hydrogens is 344 g/mol. The van der Waals surface area contributed by atoms with E-state index < -0.39 is 11.4 Å². The highest BCUT2D eigenvalue weighted by Gasteiger charge is 2.55. The smallest absolute Gasteiger partial charge is 0.311 e. The van der Waals surface area contributed by atoms with E-state index in [0.717, 1.165) is 18.5 Å². The minimum atomic E-state index is -0.757. The molecule has 1 aromatic carbocycles. The summed E-state index contributed by atoms with van der Waals surface area (Å²) in [5, 5.41) is 13.4. The predicted molar refractivity (Wildman–Crippen MR) is 95.1 cm³/mol. The highest BCUT2D eigenvalue weighted by Crippen LogP contribution is 2.48. The summed E-state index contributed by atoms with van der Waals surface area (Å²) in [6, 6.07) is 5.26. The van der Waals surface area contributed by atoms with Crippen molar-refractivity contribution in [1.82, 2.24) is 4.90 Å². The number of carboxylic acid groups (broad SMARTS) is 1. The SMILES string of the molecule is COc1ccc(Cl)cc1NCCC(=O)N1C[C@@H]2CCC[C@@]2(C(=O)O)C1. The van der Waals surface area contributed by atoms with Crippen LogP contribution in [-0.2, 0) is 9.59 Å². The molecule has 0 spiro atoms. The molecule has 2 N–H and O–H groups in total. The monoisotopic (exact) mass is 366 g/mol. The number of hydrogen-bond acceptors (Lipinski definition) is 4. The van der Waals surface area contributed by atoms with Gasteiger partial charge in [0.25, 0.3) is 0 Å². The predicted octanol–water partition coefficient (Wildman–Crippen LogP) is 2.86. The van der Waals surface area contributed by atoms with Crippen molar-refractivity contribution in [2.75, 3.05) is 32.1 Å². The second kappa shape index (κ2) is 7.12. The number of carboxylic acids is 1. The summed E-state index contributed by atoms with van der Waals surface area (Å²) >= 11 is 5.99. The first-order valence-corrected chi connectivity index (χ1v) is 8.92. The van der Waals surface area contributed by atoms with E-state index in [2.05, 4.69) is 5.32 Å². The number of amides is 1. The number of carbonyl (C=O) groups is 2. The normalized spacial score (nSPS) is 24.9. The maximum Gasteiger partial charge on any atom is 0.311 e. The van der Waals surface area contributed by atoms with E-state index in [9.17, 15) is 14.7 Å². The van der Waals surface area contributed by atoms with Crippen molar-refractivity contribution in [2.45, 2.75) is 25.7 Å². The lowest BCUT2D eigenvalue weighted by Gasteiger charge is -2.23. The van der Waals surface area contributed by atoms with E-state index in [1.807, 2.05) is 0 Å². The molecule has 2 atom stereocenters. The molecule has 7 heteroatoms. The molecule has 3 rings (SSSR count). The number of likely N-dealkylation sites (tertiary alicyclic amines) is 1. The first-order valence-electron chi connectivity index (χ1n) is 8.55. The van der Waals surface area contributed by atoms with Crippen LogP contribution in [0.4, 0.5) is 5.69 Å². The van der Waals surface area contributed by atoms with Crippen LogP contribution >= 0.6 is 11.6 Å². The molecule has 0 unspecified atom stereocenters. The fourth-order valence-corrected chi connectivity index (χ4v) is 4.28. The molecule has 6 nitrogen and oxygen atoms in total. The van der Waals surface area contributed by atoms with Crippen molar-refractivity contribution in [2.24, 2.45) is 11.3 Å². The van der Waals surface area contributed by atoms with Crippen LogP contribution in [0.3, 0.4) is 0 Å². The zero-order valence-corrected chi connectivity index (χ0v) is 15.0. The summed E-state index contributed by atoms with van der Waals surface area (Å²) in [4.78, 5) is 25.9. The molecule has 0 aromatic heterocycles. The molecule has 2 aliphatic rings. The van der Waals surface area contributed by atoms with Crippen LogP contribution in [0.2, 0.25) is 5.02 Å².